The number of anilines is 1. The first-order chi connectivity index (χ1) is 14.2. The van der Waals surface area contributed by atoms with Crippen molar-refractivity contribution in [2.24, 2.45) is 0 Å². The quantitative estimate of drug-likeness (QED) is 0.503. The van der Waals surface area contributed by atoms with E-state index >= 15 is 0 Å². The molecule has 0 saturated carbocycles. The number of carbonyl (C=O) groups is 1. The van der Waals surface area contributed by atoms with E-state index < -0.39 is 0 Å². The number of carbonyl (C=O) groups excluding carboxylic acids is 1. The van der Waals surface area contributed by atoms with Crippen molar-refractivity contribution in [3.05, 3.63) is 60.4 Å². The van der Waals surface area contributed by atoms with Crippen LogP contribution in [0.5, 0.6) is 0 Å². The molecule has 30 heavy (non-hydrogen) atoms. The van der Waals surface area contributed by atoms with E-state index in [1.54, 1.807) is 6.07 Å². The summed E-state index contributed by atoms with van der Waals surface area (Å²) in [5.74, 6) is -0.175. The number of nitrogens with one attached hydrogen (secondary N) is 2. The normalized spacial score (nSPS) is 16.5. The fourth-order valence-electron chi connectivity index (χ4n) is 4.39. The van der Waals surface area contributed by atoms with Crippen LogP contribution in [0.3, 0.4) is 0 Å². The van der Waals surface area contributed by atoms with Crippen molar-refractivity contribution in [2.45, 2.75) is 32.4 Å². The van der Waals surface area contributed by atoms with E-state index in [0.29, 0.717) is 11.7 Å². The Balaban J connectivity index is 0.00000218. The number of hydrogen-bond acceptors (Lipinski definition) is 3. The topological polar surface area (TPSA) is 63.9 Å². The van der Waals surface area contributed by atoms with E-state index in [9.17, 15) is 4.79 Å². The van der Waals surface area contributed by atoms with Crippen molar-refractivity contribution in [1.82, 2.24) is 19.7 Å². The molecular formula is C23H26ClN5O. The predicted octanol–water partition coefficient (Wildman–Crippen LogP) is 4.61. The third kappa shape index (κ3) is 3.57. The highest BCUT2D eigenvalue weighted by Crippen LogP contribution is 2.31. The second-order valence-electron chi connectivity index (χ2n) is 7.63. The Bertz CT molecular complexity index is 1190. The molecule has 0 aliphatic carbocycles. The van der Waals surface area contributed by atoms with Crippen molar-refractivity contribution in [3.63, 3.8) is 0 Å². The number of rotatable bonds is 4. The molecule has 0 radical (unpaired) electrons. The number of piperidine rings is 1. The SMILES string of the molecule is CCn1c2ccccc2c2cc(NC(=O)c3ccn(C4CCCNC4)n3)ccc21.Cl. The lowest BCUT2D eigenvalue weighted by Crippen LogP contribution is -2.32. The molecule has 7 heteroatoms. The summed E-state index contributed by atoms with van der Waals surface area (Å²) in [4.78, 5) is 12.8. The van der Waals surface area contributed by atoms with E-state index in [1.807, 2.05) is 16.9 Å². The molecule has 1 aliphatic heterocycles. The van der Waals surface area contributed by atoms with Crippen molar-refractivity contribution in [3.8, 4) is 0 Å². The highest BCUT2D eigenvalue weighted by molar-refractivity contribution is 6.10. The summed E-state index contributed by atoms with van der Waals surface area (Å²) in [6, 6.07) is 16.6. The summed E-state index contributed by atoms with van der Waals surface area (Å²) in [5.41, 5.74) is 3.64. The van der Waals surface area contributed by atoms with Gasteiger partial charge in [-0.1, -0.05) is 18.2 Å². The molecule has 3 heterocycles. The van der Waals surface area contributed by atoms with Crippen LogP contribution in [0.25, 0.3) is 21.8 Å². The molecule has 4 aromatic rings. The summed E-state index contributed by atoms with van der Waals surface area (Å²) >= 11 is 0. The predicted molar refractivity (Wildman–Crippen MR) is 124 cm³/mol. The van der Waals surface area contributed by atoms with Crippen LogP contribution in [0.2, 0.25) is 0 Å². The maximum atomic E-state index is 12.8. The lowest BCUT2D eigenvalue weighted by molar-refractivity contribution is 0.102. The van der Waals surface area contributed by atoms with Gasteiger partial charge in [0.1, 0.15) is 0 Å². The van der Waals surface area contributed by atoms with Gasteiger partial charge >= 0.3 is 0 Å². The van der Waals surface area contributed by atoms with Gasteiger partial charge in [-0.05, 0) is 56.6 Å². The Kier molecular flexibility index (Phi) is 5.79. The van der Waals surface area contributed by atoms with Crippen molar-refractivity contribution in [1.29, 1.82) is 0 Å². The average Bonchev–Trinajstić information content (AvgIpc) is 3.37. The Morgan fingerprint density at radius 2 is 2.00 bits per heavy atom. The molecule has 156 valence electrons. The molecule has 1 saturated heterocycles. The minimum Gasteiger partial charge on any atom is -0.341 e. The van der Waals surface area contributed by atoms with Gasteiger partial charge in [-0.15, -0.1) is 12.4 Å². The van der Waals surface area contributed by atoms with Gasteiger partial charge in [0.2, 0.25) is 0 Å². The standard InChI is InChI=1S/C23H25N5O.ClH/c1-2-27-21-8-4-3-7-18(21)19-14-16(9-10-22(19)27)25-23(29)20-11-13-28(26-20)17-6-5-12-24-15-17;/h3-4,7-11,13-14,17,24H,2,5-6,12,15H2,1H3,(H,25,29);1H. The Morgan fingerprint density at radius 1 is 1.17 bits per heavy atom. The van der Waals surface area contributed by atoms with E-state index in [0.717, 1.165) is 43.5 Å². The first-order valence-corrected chi connectivity index (χ1v) is 10.3. The van der Waals surface area contributed by atoms with Crippen LogP contribution in [0.1, 0.15) is 36.3 Å². The van der Waals surface area contributed by atoms with Crippen LogP contribution in [0.4, 0.5) is 5.69 Å². The molecular weight excluding hydrogens is 398 g/mol. The van der Waals surface area contributed by atoms with Crippen molar-refractivity contribution in [2.75, 3.05) is 18.4 Å². The summed E-state index contributed by atoms with van der Waals surface area (Å²) in [6.45, 7) is 5.02. The van der Waals surface area contributed by atoms with Crippen molar-refractivity contribution >= 4 is 45.8 Å². The van der Waals surface area contributed by atoms with Gasteiger partial charge in [0.25, 0.3) is 5.91 Å². The van der Waals surface area contributed by atoms with E-state index in [2.05, 4.69) is 63.6 Å². The zero-order valence-corrected chi connectivity index (χ0v) is 17.8. The first kappa shape index (κ1) is 20.4. The maximum Gasteiger partial charge on any atom is 0.276 e. The molecule has 0 spiro atoms. The maximum absolute atomic E-state index is 12.8. The molecule has 1 atom stereocenters. The van der Waals surface area contributed by atoms with E-state index in [1.165, 1.54) is 16.4 Å². The fourth-order valence-corrected chi connectivity index (χ4v) is 4.39. The summed E-state index contributed by atoms with van der Waals surface area (Å²) in [5, 5.41) is 13.3. The zero-order chi connectivity index (χ0) is 19.8. The summed E-state index contributed by atoms with van der Waals surface area (Å²) < 4.78 is 4.22. The number of aromatic nitrogens is 3. The molecule has 5 rings (SSSR count). The number of fused-ring (bicyclic) bond motifs is 3. The molecule has 6 nitrogen and oxygen atoms in total. The van der Waals surface area contributed by atoms with Crippen LogP contribution >= 0.6 is 12.4 Å². The van der Waals surface area contributed by atoms with Crippen LogP contribution in [0, 0.1) is 0 Å². The summed E-state index contributed by atoms with van der Waals surface area (Å²) in [7, 11) is 0. The molecule has 1 amide bonds. The highest BCUT2D eigenvalue weighted by Gasteiger charge is 2.18. The van der Waals surface area contributed by atoms with Gasteiger partial charge < -0.3 is 15.2 Å². The third-order valence-electron chi connectivity index (χ3n) is 5.83. The van der Waals surface area contributed by atoms with E-state index in [-0.39, 0.29) is 18.3 Å². The van der Waals surface area contributed by atoms with Crippen LogP contribution in [-0.4, -0.2) is 33.3 Å². The number of halogens is 1. The van der Waals surface area contributed by atoms with Gasteiger partial charge in [-0.3, -0.25) is 9.48 Å². The minimum absolute atomic E-state index is 0. The third-order valence-corrected chi connectivity index (χ3v) is 5.83. The highest BCUT2D eigenvalue weighted by atomic mass is 35.5. The second kappa shape index (κ2) is 8.50. The first-order valence-electron chi connectivity index (χ1n) is 10.3. The molecule has 1 unspecified atom stereocenters. The second-order valence-corrected chi connectivity index (χ2v) is 7.63. The van der Waals surface area contributed by atoms with Gasteiger partial charge in [0.15, 0.2) is 5.69 Å². The van der Waals surface area contributed by atoms with Crippen LogP contribution < -0.4 is 10.6 Å². The fraction of sp³-hybridized carbons (Fsp3) is 0.304. The van der Waals surface area contributed by atoms with Gasteiger partial charge in [0.05, 0.1) is 6.04 Å². The van der Waals surface area contributed by atoms with Gasteiger partial charge in [-0.2, -0.15) is 5.10 Å². The van der Waals surface area contributed by atoms with Gasteiger partial charge in [0, 0.05) is 46.8 Å². The van der Waals surface area contributed by atoms with Crippen LogP contribution in [0.15, 0.2) is 54.7 Å². The molecule has 1 aliphatic rings. The summed E-state index contributed by atoms with van der Waals surface area (Å²) in [6.07, 6.45) is 4.13. The lowest BCUT2D eigenvalue weighted by atomic mass is 10.1. The van der Waals surface area contributed by atoms with E-state index in [4.69, 9.17) is 0 Å². The molecule has 1 fully saturated rings. The number of hydrogen-bond donors (Lipinski definition) is 2. The molecule has 2 aromatic heterocycles. The number of benzene rings is 2. The average molecular weight is 424 g/mol. The number of aryl methyl sites for hydroxylation is 1. The monoisotopic (exact) mass is 423 g/mol. The number of para-hydroxylation sites is 1. The van der Waals surface area contributed by atoms with Crippen LogP contribution in [-0.2, 0) is 6.54 Å². The molecule has 0 bridgehead atoms. The Hall–Kier alpha value is -2.83. The lowest BCUT2D eigenvalue weighted by Gasteiger charge is -2.22. The largest absolute Gasteiger partial charge is 0.341 e. The molecule has 2 aromatic carbocycles. The number of nitrogens with zero attached hydrogens (tertiary/aromatic N) is 3. The Morgan fingerprint density at radius 3 is 2.80 bits per heavy atom. The Labute approximate surface area is 181 Å². The molecule has 2 N–H and O–H groups in total. The minimum atomic E-state index is -0.175. The van der Waals surface area contributed by atoms with Crippen molar-refractivity contribution < 1.29 is 4.79 Å². The smallest absolute Gasteiger partial charge is 0.276 e. The number of amides is 1. The zero-order valence-electron chi connectivity index (χ0n) is 17.0. The van der Waals surface area contributed by atoms with Gasteiger partial charge in [-0.25, -0.2) is 0 Å².